The summed E-state index contributed by atoms with van der Waals surface area (Å²) in [5.41, 5.74) is -0.0957. The van der Waals surface area contributed by atoms with Crippen LogP contribution in [0.15, 0.2) is 42.3 Å². The van der Waals surface area contributed by atoms with Gasteiger partial charge in [0.25, 0.3) is 0 Å². The largest absolute Gasteiger partial charge is 0.475 e. The molecule has 0 atom stereocenters. The van der Waals surface area contributed by atoms with Gasteiger partial charge in [-0.2, -0.15) is 0 Å². The monoisotopic (exact) mass is 247 g/mol. The second-order valence-corrected chi connectivity index (χ2v) is 4.88. The minimum atomic E-state index is -0.0957. The molecule has 1 aromatic carbocycles. The van der Waals surface area contributed by atoms with Crippen molar-refractivity contribution in [1.82, 2.24) is 4.90 Å². The van der Waals surface area contributed by atoms with Crippen LogP contribution in [0.4, 0.5) is 0 Å². The Morgan fingerprint density at radius 3 is 2.72 bits per heavy atom. The zero-order chi connectivity index (χ0) is 12.4. The fraction of sp³-hybridized carbons (Fsp3) is 0.429. The average molecular weight is 247 g/mol. The SMILES string of the molecule is OCC1(C2=CN(COc3ccccc3)CO2)CC1. The Labute approximate surface area is 106 Å². The molecule has 2 aliphatic rings. The maximum atomic E-state index is 9.34. The first-order valence-electron chi connectivity index (χ1n) is 6.20. The molecule has 0 unspecified atom stereocenters. The molecule has 4 heteroatoms. The lowest BCUT2D eigenvalue weighted by Gasteiger charge is -2.14. The number of benzene rings is 1. The van der Waals surface area contributed by atoms with E-state index in [0.29, 0.717) is 13.5 Å². The highest BCUT2D eigenvalue weighted by Gasteiger charge is 2.48. The van der Waals surface area contributed by atoms with Crippen molar-refractivity contribution in [3.63, 3.8) is 0 Å². The Bertz CT molecular complexity index is 440. The van der Waals surface area contributed by atoms with Gasteiger partial charge in [0.1, 0.15) is 11.5 Å². The predicted molar refractivity (Wildman–Crippen MR) is 66.6 cm³/mol. The zero-order valence-corrected chi connectivity index (χ0v) is 10.2. The van der Waals surface area contributed by atoms with Crippen LogP contribution in [0, 0.1) is 5.41 Å². The van der Waals surface area contributed by atoms with Gasteiger partial charge in [-0.3, -0.25) is 0 Å². The lowest BCUT2D eigenvalue weighted by atomic mass is 10.1. The first-order chi connectivity index (χ1) is 8.82. The molecular formula is C14H17NO3. The molecule has 1 N–H and O–H groups in total. The van der Waals surface area contributed by atoms with Crippen LogP contribution in [0.5, 0.6) is 5.75 Å². The van der Waals surface area contributed by atoms with E-state index in [9.17, 15) is 5.11 Å². The van der Waals surface area contributed by atoms with Crippen LogP contribution in [0.1, 0.15) is 12.8 Å². The molecule has 1 saturated carbocycles. The first kappa shape index (κ1) is 11.4. The summed E-state index contributed by atoms with van der Waals surface area (Å²) in [5.74, 6) is 1.75. The third-order valence-electron chi connectivity index (χ3n) is 3.50. The van der Waals surface area contributed by atoms with Crippen molar-refractivity contribution >= 4 is 0 Å². The fourth-order valence-electron chi connectivity index (χ4n) is 2.06. The number of rotatable bonds is 5. The molecule has 0 radical (unpaired) electrons. The Kier molecular flexibility index (Phi) is 2.88. The molecule has 1 aromatic rings. The van der Waals surface area contributed by atoms with Gasteiger partial charge >= 0.3 is 0 Å². The van der Waals surface area contributed by atoms with Gasteiger partial charge in [-0.15, -0.1) is 0 Å². The van der Waals surface area contributed by atoms with Crippen LogP contribution < -0.4 is 4.74 Å². The van der Waals surface area contributed by atoms with E-state index in [2.05, 4.69) is 0 Å². The van der Waals surface area contributed by atoms with Crippen molar-refractivity contribution in [1.29, 1.82) is 0 Å². The van der Waals surface area contributed by atoms with Crippen molar-refractivity contribution in [2.75, 3.05) is 20.1 Å². The van der Waals surface area contributed by atoms with Crippen molar-refractivity contribution in [3.8, 4) is 5.75 Å². The average Bonchev–Trinajstić information content (AvgIpc) is 3.09. The molecular weight excluding hydrogens is 230 g/mol. The van der Waals surface area contributed by atoms with Gasteiger partial charge in [-0.25, -0.2) is 0 Å². The lowest BCUT2D eigenvalue weighted by molar-refractivity contribution is 0.0747. The minimum absolute atomic E-state index is 0.0957. The number of aliphatic hydroxyl groups excluding tert-OH is 1. The highest BCUT2D eigenvalue weighted by atomic mass is 16.5. The van der Waals surface area contributed by atoms with Crippen molar-refractivity contribution in [2.24, 2.45) is 5.41 Å². The maximum Gasteiger partial charge on any atom is 0.163 e. The second kappa shape index (κ2) is 4.53. The van der Waals surface area contributed by atoms with Gasteiger partial charge in [0.15, 0.2) is 13.5 Å². The normalized spacial score (nSPS) is 20.3. The highest BCUT2D eigenvalue weighted by molar-refractivity contribution is 5.21. The van der Waals surface area contributed by atoms with E-state index in [-0.39, 0.29) is 12.0 Å². The highest BCUT2D eigenvalue weighted by Crippen LogP contribution is 2.52. The number of hydrogen-bond acceptors (Lipinski definition) is 4. The Morgan fingerprint density at radius 1 is 1.28 bits per heavy atom. The van der Waals surface area contributed by atoms with Gasteiger partial charge in [-0.05, 0) is 25.0 Å². The Hall–Kier alpha value is -1.68. The molecule has 1 fully saturated rings. The molecule has 0 bridgehead atoms. The van der Waals surface area contributed by atoms with Crippen LogP contribution in [-0.2, 0) is 4.74 Å². The molecule has 0 spiro atoms. The van der Waals surface area contributed by atoms with E-state index >= 15 is 0 Å². The van der Waals surface area contributed by atoms with Gasteiger partial charge in [0.2, 0.25) is 0 Å². The Balaban J connectivity index is 1.56. The second-order valence-electron chi connectivity index (χ2n) is 4.88. The van der Waals surface area contributed by atoms with Crippen LogP contribution >= 0.6 is 0 Å². The van der Waals surface area contributed by atoms with E-state index in [1.807, 2.05) is 41.4 Å². The quantitative estimate of drug-likeness (QED) is 0.863. The molecule has 1 heterocycles. The molecule has 96 valence electrons. The standard InChI is InChI=1S/C14H17NO3/c16-9-14(6-7-14)13-8-15(11-18-13)10-17-12-4-2-1-3-5-12/h1-5,8,16H,6-7,9-11H2. The summed E-state index contributed by atoms with van der Waals surface area (Å²) in [7, 11) is 0. The number of hydrogen-bond donors (Lipinski definition) is 1. The summed E-state index contributed by atoms with van der Waals surface area (Å²) in [5, 5.41) is 9.34. The van der Waals surface area contributed by atoms with Gasteiger partial charge < -0.3 is 19.5 Å². The molecule has 0 aromatic heterocycles. The first-order valence-corrected chi connectivity index (χ1v) is 6.20. The summed E-state index contributed by atoms with van der Waals surface area (Å²) in [6.45, 7) is 1.14. The summed E-state index contributed by atoms with van der Waals surface area (Å²) in [6, 6.07) is 9.71. The minimum Gasteiger partial charge on any atom is -0.475 e. The van der Waals surface area contributed by atoms with E-state index < -0.39 is 0 Å². The fourth-order valence-corrected chi connectivity index (χ4v) is 2.06. The number of nitrogens with zero attached hydrogens (tertiary/aromatic N) is 1. The molecule has 3 rings (SSSR count). The van der Waals surface area contributed by atoms with E-state index in [1.165, 1.54) is 0 Å². The van der Waals surface area contributed by atoms with Crippen LogP contribution in [0.25, 0.3) is 0 Å². The van der Waals surface area contributed by atoms with Gasteiger partial charge in [-0.1, -0.05) is 18.2 Å². The van der Waals surface area contributed by atoms with Crippen molar-refractivity contribution in [3.05, 3.63) is 42.3 Å². The molecule has 0 amide bonds. The van der Waals surface area contributed by atoms with Gasteiger partial charge in [0, 0.05) is 6.20 Å². The Morgan fingerprint density at radius 2 is 2.06 bits per heavy atom. The van der Waals surface area contributed by atoms with Crippen LogP contribution in [0.2, 0.25) is 0 Å². The molecule has 18 heavy (non-hydrogen) atoms. The van der Waals surface area contributed by atoms with E-state index in [4.69, 9.17) is 9.47 Å². The number of para-hydroxylation sites is 1. The van der Waals surface area contributed by atoms with Crippen LogP contribution in [-0.4, -0.2) is 30.1 Å². The predicted octanol–water partition coefficient (Wildman–Crippen LogP) is 1.93. The molecule has 4 nitrogen and oxygen atoms in total. The van der Waals surface area contributed by atoms with Crippen molar-refractivity contribution < 1.29 is 14.6 Å². The molecule has 0 saturated heterocycles. The molecule has 1 aliphatic carbocycles. The van der Waals surface area contributed by atoms with E-state index in [1.54, 1.807) is 0 Å². The number of aliphatic hydroxyl groups is 1. The van der Waals surface area contributed by atoms with Crippen LogP contribution in [0.3, 0.4) is 0 Å². The zero-order valence-electron chi connectivity index (χ0n) is 10.2. The maximum absolute atomic E-state index is 9.34. The summed E-state index contributed by atoms with van der Waals surface area (Å²) < 4.78 is 11.3. The topological polar surface area (TPSA) is 41.9 Å². The van der Waals surface area contributed by atoms with Gasteiger partial charge in [0.05, 0.1) is 12.0 Å². The lowest BCUT2D eigenvalue weighted by Crippen LogP contribution is -2.20. The van der Waals surface area contributed by atoms with E-state index in [0.717, 1.165) is 24.4 Å². The third-order valence-corrected chi connectivity index (χ3v) is 3.50. The third kappa shape index (κ3) is 2.16. The number of ether oxygens (including phenoxy) is 2. The van der Waals surface area contributed by atoms with Crippen molar-refractivity contribution in [2.45, 2.75) is 12.8 Å². The summed E-state index contributed by atoms with van der Waals surface area (Å²) in [4.78, 5) is 1.97. The smallest absolute Gasteiger partial charge is 0.163 e. The summed E-state index contributed by atoms with van der Waals surface area (Å²) >= 11 is 0. The summed E-state index contributed by atoms with van der Waals surface area (Å²) in [6.07, 6.45) is 4.00. The molecule has 1 aliphatic heterocycles.